The van der Waals surface area contributed by atoms with Gasteiger partial charge in [0.05, 0.1) is 13.7 Å². The van der Waals surface area contributed by atoms with Crippen LogP contribution in [0.2, 0.25) is 0 Å². The Morgan fingerprint density at radius 2 is 1.88 bits per heavy atom. The SMILES string of the molecule is COc1ccc(CNC(=O)NCC(C)(O)c2ccc3c(c2)OCO3)cc1. The molecule has 0 spiro atoms. The number of methoxy groups -OCH3 is 1. The molecule has 0 aliphatic carbocycles. The maximum absolute atomic E-state index is 12.0. The molecule has 7 heteroatoms. The fourth-order valence-electron chi connectivity index (χ4n) is 2.57. The van der Waals surface area contributed by atoms with E-state index in [0.717, 1.165) is 11.3 Å². The lowest BCUT2D eigenvalue weighted by Gasteiger charge is -2.24. The lowest BCUT2D eigenvalue weighted by molar-refractivity contribution is 0.0591. The Labute approximate surface area is 151 Å². The van der Waals surface area contributed by atoms with Gasteiger partial charge in [-0.15, -0.1) is 0 Å². The molecule has 0 aromatic heterocycles. The van der Waals surface area contributed by atoms with E-state index in [4.69, 9.17) is 14.2 Å². The highest BCUT2D eigenvalue weighted by atomic mass is 16.7. The molecule has 138 valence electrons. The minimum atomic E-state index is -1.24. The summed E-state index contributed by atoms with van der Waals surface area (Å²) in [6, 6.07) is 12.3. The molecule has 2 aromatic rings. The standard InChI is InChI=1S/C19H22N2O5/c1-19(23,14-5-8-16-17(9-14)26-12-25-16)11-21-18(22)20-10-13-3-6-15(24-2)7-4-13/h3-9,23H,10-12H2,1-2H3,(H2,20,21,22). The number of hydrogen-bond donors (Lipinski definition) is 3. The van der Waals surface area contributed by atoms with Gasteiger partial charge in [-0.1, -0.05) is 18.2 Å². The summed E-state index contributed by atoms with van der Waals surface area (Å²) in [5.74, 6) is 2.00. The minimum absolute atomic E-state index is 0.0566. The van der Waals surface area contributed by atoms with E-state index < -0.39 is 5.60 Å². The molecule has 7 nitrogen and oxygen atoms in total. The zero-order chi connectivity index (χ0) is 18.6. The first-order valence-corrected chi connectivity index (χ1v) is 8.25. The van der Waals surface area contributed by atoms with E-state index in [2.05, 4.69) is 10.6 Å². The molecular weight excluding hydrogens is 336 g/mol. The van der Waals surface area contributed by atoms with Crippen molar-refractivity contribution in [2.24, 2.45) is 0 Å². The van der Waals surface area contributed by atoms with Crippen LogP contribution in [0.4, 0.5) is 4.79 Å². The zero-order valence-corrected chi connectivity index (χ0v) is 14.7. The van der Waals surface area contributed by atoms with Crippen molar-refractivity contribution in [3.63, 3.8) is 0 Å². The number of rotatable bonds is 6. The van der Waals surface area contributed by atoms with Gasteiger partial charge in [-0.05, 0) is 42.3 Å². The Morgan fingerprint density at radius 3 is 2.62 bits per heavy atom. The van der Waals surface area contributed by atoms with E-state index in [1.165, 1.54) is 0 Å². The number of hydrogen-bond acceptors (Lipinski definition) is 5. The average molecular weight is 358 g/mol. The van der Waals surface area contributed by atoms with Crippen molar-refractivity contribution in [1.82, 2.24) is 10.6 Å². The van der Waals surface area contributed by atoms with Gasteiger partial charge in [-0.3, -0.25) is 0 Å². The van der Waals surface area contributed by atoms with Crippen molar-refractivity contribution in [3.05, 3.63) is 53.6 Å². The number of amides is 2. The summed E-state index contributed by atoms with van der Waals surface area (Å²) >= 11 is 0. The van der Waals surface area contributed by atoms with E-state index in [-0.39, 0.29) is 19.4 Å². The van der Waals surface area contributed by atoms with Gasteiger partial charge in [-0.25, -0.2) is 4.79 Å². The van der Waals surface area contributed by atoms with Crippen molar-refractivity contribution in [3.8, 4) is 17.2 Å². The summed E-state index contributed by atoms with van der Waals surface area (Å²) in [5.41, 5.74) is 0.346. The van der Waals surface area contributed by atoms with Gasteiger partial charge in [0.2, 0.25) is 6.79 Å². The fourth-order valence-corrected chi connectivity index (χ4v) is 2.57. The van der Waals surface area contributed by atoms with Gasteiger partial charge in [-0.2, -0.15) is 0 Å². The smallest absolute Gasteiger partial charge is 0.315 e. The Balaban J connectivity index is 1.51. The van der Waals surface area contributed by atoms with Gasteiger partial charge in [0, 0.05) is 6.54 Å². The summed E-state index contributed by atoms with van der Waals surface area (Å²) < 4.78 is 15.7. The maximum atomic E-state index is 12.0. The molecule has 1 aliphatic heterocycles. The number of carbonyl (C=O) groups is 1. The molecular formula is C19H22N2O5. The van der Waals surface area contributed by atoms with Gasteiger partial charge in [0.1, 0.15) is 11.4 Å². The van der Waals surface area contributed by atoms with E-state index in [1.54, 1.807) is 32.2 Å². The highest BCUT2D eigenvalue weighted by Gasteiger charge is 2.26. The molecule has 1 heterocycles. The van der Waals surface area contributed by atoms with Crippen LogP contribution in [0.3, 0.4) is 0 Å². The summed E-state index contributed by atoms with van der Waals surface area (Å²) in [6.45, 7) is 2.24. The highest BCUT2D eigenvalue weighted by molar-refractivity contribution is 5.74. The predicted molar refractivity (Wildman–Crippen MR) is 95.4 cm³/mol. The first kappa shape index (κ1) is 17.9. The second-order valence-corrected chi connectivity index (χ2v) is 6.23. The van der Waals surface area contributed by atoms with Crippen LogP contribution in [0.25, 0.3) is 0 Å². The molecule has 3 rings (SSSR count). The van der Waals surface area contributed by atoms with E-state index in [1.807, 2.05) is 24.3 Å². The molecule has 2 aromatic carbocycles. The predicted octanol–water partition coefficient (Wildman–Crippen LogP) is 2.13. The number of urea groups is 1. The van der Waals surface area contributed by atoms with Gasteiger partial charge in [0.15, 0.2) is 11.5 Å². The fraction of sp³-hybridized carbons (Fsp3) is 0.316. The third kappa shape index (κ3) is 4.18. The first-order chi connectivity index (χ1) is 12.5. The van der Waals surface area contributed by atoms with Crippen LogP contribution in [-0.2, 0) is 12.1 Å². The highest BCUT2D eigenvalue weighted by Crippen LogP contribution is 2.35. The Hall–Kier alpha value is -2.93. The molecule has 1 aliphatic rings. The van der Waals surface area contributed by atoms with Crippen LogP contribution < -0.4 is 24.8 Å². The Kier molecular flexibility index (Phi) is 5.18. The monoisotopic (exact) mass is 358 g/mol. The topological polar surface area (TPSA) is 89.1 Å². The number of nitrogens with one attached hydrogen (secondary N) is 2. The second kappa shape index (κ2) is 7.53. The number of ether oxygens (including phenoxy) is 3. The molecule has 26 heavy (non-hydrogen) atoms. The van der Waals surface area contributed by atoms with Gasteiger partial charge in [0.25, 0.3) is 0 Å². The van der Waals surface area contributed by atoms with E-state index >= 15 is 0 Å². The van der Waals surface area contributed by atoms with Crippen molar-refractivity contribution in [2.75, 3.05) is 20.4 Å². The quantitative estimate of drug-likeness (QED) is 0.736. The Bertz CT molecular complexity index is 774. The van der Waals surface area contributed by atoms with Crippen molar-refractivity contribution >= 4 is 6.03 Å². The van der Waals surface area contributed by atoms with Crippen LogP contribution in [0.1, 0.15) is 18.1 Å². The molecule has 0 bridgehead atoms. The van der Waals surface area contributed by atoms with Crippen LogP contribution >= 0.6 is 0 Å². The first-order valence-electron chi connectivity index (χ1n) is 8.25. The van der Waals surface area contributed by atoms with Crippen LogP contribution in [0, 0.1) is 0 Å². The number of benzene rings is 2. The molecule has 0 fully saturated rings. The summed E-state index contributed by atoms with van der Waals surface area (Å²) in [6.07, 6.45) is 0. The number of aliphatic hydroxyl groups is 1. The molecule has 1 unspecified atom stereocenters. The van der Waals surface area contributed by atoms with Crippen LogP contribution in [0.5, 0.6) is 17.2 Å². The maximum Gasteiger partial charge on any atom is 0.315 e. The third-order valence-electron chi connectivity index (χ3n) is 4.20. The normalized spacial score (nSPS) is 14.4. The van der Waals surface area contributed by atoms with E-state index in [9.17, 15) is 9.90 Å². The van der Waals surface area contributed by atoms with Crippen molar-refractivity contribution in [1.29, 1.82) is 0 Å². The molecule has 0 saturated heterocycles. The summed E-state index contributed by atoms with van der Waals surface area (Å²) in [7, 11) is 1.60. The molecule has 3 N–H and O–H groups in total. The van der Waals surface area contributed by atoms with Crippen molar-refractivity contribution < 1.29 is 24.1 Å². The van der Waals surface area contributed by atoms with Crippen LogP contribution in [-0.4, -0.2) is 31.6 Å². The van der Waals surface area contributed by atoms with Crippen molar-refractivity contribution in [2.45, 2.75) is 19.1 Å². The number of carbonyl (C=O) groups excluding carboxylic acids is 1. The second-order valence-electron chi connectivity index (χ2n) is 6.23. The summed E-state index contributed by atoms with van der Waals surface area (Å²) in [5, 5.41) is 16.1. The minimum Gasteiger partial charge on any atom is -0.497 e. The lowest BCUT2D eigenvalue weighted by atomic mass is 9.95. The van der Waals surface area contributed by atoms with E-state index in [0.29, 0.717) is 23.6 Å². The zero-order valence-electron chi connectivity index (χ0n) is 14.7. The number of fused-ring (bicyclic) bond motifs is 1. The summed E-state index contributed by atoms with van der Waals surface area (Å²) in [4.78, 5) is 12.0. The molecule has 2 amide bonds. The average Bonchev–Trinajstić information content (AvgIpc) is 3.13. The van der Waals surface area contributed by atoms with Gasteiger partial charge < -0.3 is 30.0 Å². The van der Waals surface area contributed by atoms with Crippen LogP contribution in [0.15, 0.2) is 42.5 Å². The molecule has 1 atom stereocenters. The largest absolute Gasteiger partial charge is 0.497 e. The third-order valence-corrected chi connectivity index (χ3v) is 4.20. The lowest BCUT2D eigenvalue weighted by Crippen LogP contribution is -2.43. The Morgan fingerprint density at radius 1 is 1.15 bits per heavy atom. The van der Waals surface area contributed by atoms with Gasteiger partial charge >= 0.3 is 6.03 Å². The molecule has 0 radical (unpaired) electrons. The molecule has 0 saturated carbocycles.